The first kappa shape index (κ1) is 31.5. The zero-order valence-corrected chi connectivity index (χ0v) is 27.3. The van der Waals surface area contributed by atoms with E-state index >= 15 is 0 Å². The molecule has 1 spiro atoms. The fraction of sp³-hybridized carbons (Fsp3) is 0.543. The van der Waals surface area contributed by atoms with Crippen LogP contribution in [0.1, 0.15) is 107 Å². The molecule has 8 nitrogen and oxygen atoms in total. The maximum Gasteiger partial charge on any atom is 0.275 e. The first-order chi connectivity index (χ1) is 21.4. The fourth-order valence-electron chi connectivity index (χ4n) is 7.08. The van der Waals surface area contributed by atoms with Crippen molar-refractivity contribution in [3.05, 3.63) is 70.0 Å². The van der Waals surface area contributed by atoms with Gasteiger partial charge < -0.3 is 10.2 Å². The Morgan fingerprint density at radius 1 is 1.11 bits per heavy atom. The van der Waals surface area contributed by atoms with E-state index < -0.39 is 11.5 Å². The van der Waals surface area contributed by atoms with Gasteiger partial charge in [-0.3, -0.25) is 14.6 Å². The Kier molecular flexibility index (Phi) is 8.44. The van der Waals surface area contributed by atoms with Crippen LogP contribution < -0.4 is 5.32 Å². The molecule has 1 atom stereocenters. The van der Waals surface area contributed by atoms with Crippen molar-refractivity contribution in [2.75, 3.05) is 13.2 Å². The third-order valence-electron chi connectivity index (χ3n) is 10.2. The highest BCUT2D eigenvalue weighted by Gasteiger charge is 2.53. The van der Waals surface area contributed by atoms with E-state index in [1.165, 1.54) is 25.0 Å². The van der Waals surface area contributed by atoms with Crippen LogP contribution >= 0.6 is 11.6 Å². The Hall–Kier alpha value is -3.46. The minimum Gasteiger partial charge on any atom is -0.345 e. The summed E-state index contributed by atoms with van der Waals surface area (Å²) in [4.78, 5) is 38.8. The van der Waals surface area contributed by atoms with Crippen LogP contribution in [0.25, 0.3) is 0 Å². The summed E-state index contributed by atoms with van der Waals surface area (Å²) in [6, 6.07) is 11.5. The van der Waals surface area contributed by atoms with Crippen molar-refractivity contribution in [1.82, 2.24) is 10.2 Å². The molecule has 1 N–H and O–H groups in total. The number of carbonyl (C=O) groups is 2. The van der Waals surface area contributed by atoms with Crippen LogP contribution in [0.15, 0.2) is 62.7 Å². The number of hydrogen-bond donors (Lipinski definition) is 1. The normalized spacial score (nSPS) is 24.5. The number of amides is 2. The minimum atomic E-state index is -0.727. The van der Waals surface area contributed by atoms with Crippen LogP contribution in [-0.4, -0.2) is 47.1 Å². The number of aliphatic imine (C=N–C) groups is 2. The van der Waals surface area contributed by atoms with E-state index in [1.807, 2.05) is 29.2 Å². The maximum atomic E-state index is 14.6. The van der Waals surface area contributed by atoms with E-state index in [0.29, 0.717) is 29.5 Å². The van der Waals surface area contributed by atoms with Crippen LogP contribution in [0.4, 0.5) is 4.39 Å². The molecule has 238 valence electrons. The third-order valence-corrected chi connectivity index (χ3v) is 10.5. The lowest BCUT2D eigenvalue weighted by molar-refractivity contribution is -0.134. The molecule has 2 aliphatic heterocycles. The molecule has 0 bridgehead atoms. The summed E-state index contributed by atoms with van der Waals surface area (Å²) in [5, 5.41) is 10.8. The highest BCUT2D eigenvalue weighted by molar-refractivity contribution is 6.47. The summed E-state index contributed by atoms with van der Waals surface area (Å²) >= 11 is 6.26. The Balaban J connectivity index is 1.34. The van der Waals surface area contributed by atoms with Gasteiger partial charge in [0.1, 0.15) is 17.2 Å². The van der Waals surface area contributed by atoms with Crippen molar-refractivity contribution in [2.24, 2.45) is 37.0 Å². The van der Waals surface area contributed by atoms with Crippen LogP contribution in [0.2, 0.25) is 5.02 Å². The van der Waals surface area contributed by atoms with Crippen molar-refractivity contribution < 1.29 is 14.0 Å². The molecule has 2 fully saturated rings. The number of nitrogens with one attached hydrogen (secondary N) is 1. The van der Waals surface area contributed by atoms with E-state index in [1.54, 1.807) is 6.07 Å². The second kappa shape index (κ2) is 12.0. The number of hydrogen-bond acceptors (Lipinski definition) is 6. The molecule has 2 aliphatic carbocycles. The van der Waals surface area contributed by atoms with E-state index in [9.17, 15) is 14.0 Å². The van der Waals surface area contributed by atoms with Gasteiger partial charge in [-0.05, 0) is 104 Å². The lowest BCUT2D eigenvalue weighted by atomic mass is 9.69. The highest BCUT2D eigenvalue weighted by Crippen LogP contribution is 2.53. The first-order valence-corrected chi connectivity index (χ1v) is 16.4. The fourth-order valence-corrected chi connectivity index (χ4v) is 7.30. The lowest BCUT2D eigenvalue weighted by Crippen LogP contribution is -2.51. The van der Waals surface area contributed by atoms with Gasteiger partial charge >= 0.3 is 0 Å². The Labute approximate surface area is 269 Å². The SMILES string of the molecule is CC1(CC[C@H](c2ccc(C(=O)NCC3=NCN=N3)cc2)N2C(=O)C(c3cc(F)cc(Cl)c3)=NC23CCC(C(C)(C)C)CC3)CC1. The molecule has 10 heteroatoms. The standard InChI is InChI=1S/C35H42ClFN6O2/c1-33(2,3)25-9-13-35(14-10-25)41-30(24-17-26(36)19-27(37)18-24)32(45)43(35)28(11-12-34(4)15-16-34)22-5-7-23(8-6-22)31(44)38-20-29-39-21-40-42-29/h5-8,17-19,25,28H,9-16,20-21H2,1-4H3,(H,38,44)/t25?,28-,35?/m1/s1. The molecule has 0 aromatic heterocycles. The lowest BCUT2D eigenvalue weighted by Gasteiger charge is -2.47. The average molecular weight is 633 g/mol. The molecule has 2 heterocycles. The summed E-state index contributed by atoms with van der Waals surface area (Å²) in [6.45, 7) is 9.65. The Morgan fingerprint density at radius 2 is 1.82 bits per heavy atom. The third kappa shape index (κ3) is 6.74. The van der Waals surface area contributed by atoms with Gasteiger partial charge in [-0.2, -0.15) is 5.11 Å². The molecule has 2 aromatic carbocycles. The number of carbonyl (C=O) groups excluding carboxylic acids is 2. The second-order valence-electron chi connectivity index (χ2n) is 14.5. The Bertz CT molecular complexity index is 1550. The van der Waals surface area contributed by atoms with Crippen molar-refractivity contribution >= 4 is 35.0 Å². The molecule has 2 saturated carbocycles. The van der Waals surface area contributed by atoms with Gasteiger partial charge in [-0.25, -0.2) is 9.38 Å². The maximum absolute atomic E-state index is 14.6. The number of benzene rings is 2. The molecule has 2 amide bonds. The minimum absolute atomic E-state index is 0.154. The van der Waals surface area contributed by atoms with Crippen LogP contribution in [-0.2, 0) is 4.79 Å². The molecule has 6 rings (SSSR count). The molecule has 45 heavy (non-hydrogen) atoms. The van der Waals surface area contributed by atoms with Crippen molar-refractivity contribution in [3.8, 4) is 0 Å². The molecule has 0 unspecified atom stereocenters. The quantitative estimate of drug-likeness (QED) is 0.304. The molecule has 4 aliphatic rings. The van der Waals surface area contributed by atoms with E-state index in [2.05, 4.69) is 48.2 Å². The summed E-state index contributed by atoms with van der Waals surface area (Å²) in [5.41, 5.74) is 1.87. The number of amidine groups is 1. The summed E-state index contributed by atoms with van der Waals surface area (Å²) < 4.78 is 14.5. The number of nitrogens with zero attached hydrogens (tertiary/aromatic N) is 5. The predicted octanol–water partition coefficient (Wildman–Crippen LogP) is 7.92. The van der Waals surface area contributed by atoms with Crippen molar-refractivity contribution in [2.45, 2.75) is 90.8 Å². The highest BCUT2D eigenvalue weighted by atomic mass is 35.5. The molecule has 0 radical (unpaired) electrons. The zero-order valence-electron chi connectivity index (χ0n) is 26.6. The number of rotatable bonds is 9. The van der Waals surface area contributed by atoms with Crippen LogP contribution in [0.3, 0.4) is 0 Å². The number of azo groups is 1. The average Bonchev–Trinajstić information content (AvgIpc) is 3.38. The predicted molar refractivity (Wildman–Crippen MR) is 174 cm³/mol. The summed E-state index contributed by atoms with van der Waals surface area (Å²) in [7, 11) is 0. The van der Waals surface area contributed by atoms with Gasteiger partial charge in [0.25, 0.3) is 11.8 Å². The number of halogens is 2. The van der Waals surface area contributed by atoms with Crippen molar-refractivity contribution in [1.29, 1.82) is 0 Å². The first-order valence-electron chi connectivity index (χ1n) is 16.0. The topological polar surface area (TPSA) is 98.9 Å². The van der Waals surface area contributed by atoms with E-state index in [-0.39, 0.29) is 46.0 Å². The zero-order chi connectivity index (χ0) is 32.0. The largest absolute Gasteiger partial charge is 0.345 e. The summed E-state index contributed by atoms with van der Waals surface area (Å²) in [5.74, 6) is 0.109. The van der Waals surface area contributed by atoms with Gasteiger partial charge in [0.15, 0.2) is 12.5 Å². The van der Waals surface area contributed by atoms with E-state index in [4.69, 9.17) is 16.6 Å². The molecular formula is C35H42ClFN6O2. The van der Waals surface area contributed by atoms with Gasteiger partial charge in [0.05, 0.1) is 12.6 Å². The van der Waals surface area contributed by atoms with E-state index in [0.717, 1.165) is 44.1 Å². The monoisotopic (exact) mass is 632 g/mol. The molecular weight excluding hydrogens is 591 g/mol. The van der Waals surface area contributed by atoms with Crippen LogP contribution in [0.5, 0.6) is 0 Å². The summed E-state index contributed by atoms with van der Waals surface area (Å²) in [6.07, 6.45) is 7.48. The molecule has 0 saturated heterocycles. The van der Waals surface area contributed by atoms with Gasteiger partial charge in [-0.15, -0.1) is 5.11 Å². The second-order valence-corrected chi connectivity index (χ2v) is 15.0. The van der Waals surface area contributed by atoms with Crippen molar-refractivity contribution in [3.63, 3.8) is 0 Å². The Morgan fingerprint density at radius 3 is 2.42 bits per heavy atom. The smallest absolute Gasteiger partial charge is 0.275 e. The van der Waals surface area contributed by atoms with Gasteiger partial charge in [-0.1, -0.05) is 51.4 Å². The van der Waals surface area contributed by atoms with Crippen LogP contribution in [0, 0.1) is 22.6 Å². The van der Waals surface area contributed by atoms with Gasteiger partial charge in [0.2, 0.25) is 0 Å². The molecule has 2 aromatic rings. The van der Waals surface area contributed by atoms with Gasteiger partial charge in [0, 0.05) is 16.1 Å².